The van der Waals surface area contributed by atoms with Crippen LogP contribution in [0.15, 0.2) is 12.1 Å². The van der Waals surface area contributed by atoms with E-state index in [0.717, 1.165) is 0 Å². The Hall–Kier alpha value is -1.46. The minimum absolute atomic E-state index is 0.331. The van der Waals surface area contributed by atoms with Gasteiger partial charge in [-0.05, 0) is 12.1 Å². The molecule has 0 N–H and O–H groups in total. The molecular formula is C8H5F4NO. The molecule has 6 heteroatoms. The molecule has 0 bridgehead atoms. The van der Waals surface area contributed by atoms with Crippen LogP contribution in [0.5, 0.6) is 0 Å². The van der Waals surface area contributed by atoms with Gasteiger partial charge in [-0.15, -0.1) is 0 Å². The van der Waals surface area contributed by atoms with Crippen LogP contribution < -0.4 is 0 Å². The Morgan fingerprint density at radius 1 is 1.36 bits per heavy atom. The number of rotatable bonds is 2. The third-order valence-corrected chi connectivity index (χ3v) is 1.46. The number of nitrogens with zero attached hydrogens (tertiary/aromatic N) is 1. The molecule has 0 unspecified atom stereocenters. The van der Waals surface area contributed by atoms with Gasteiger partial charge in [0.15, 0.2) is 0 Å². The molecule has 0 aliphatic rings. The van der Waals surface area contributed by atoms with E-state index in [1.54, 1.807) is 0 Å². The van der Waals surface area contributed by atoms with Crippen LogP contribution in [0.2, 0.25) is 0 Å². The molecule has 76 valence electrons. The fourth-order valence-corrected chi connectivity index (χ4v) is 0.818. The quantitative estimate of drug-likeness (QED) is 0.422. The summed E-state index contributed by atoms with van der Waals surface area (Å²) in [5, 5.41) is 0. The van der Waals surface area contributed by atoms with E-state index in [2.05, 4.69) is 4.98 Å². The van der Waals surface area contributed by atoms with Crippen LogP contribution in [0.25, 0.3) is 0 Å². The highest BCUT2D eigenvalue weighted by molar-refractivity contribution is 6.00. The van der Waals surface area contributed by atoms with Gasteiger partial charge in [0.25, 0.3) is 0 Å². The maximum absolute atomic E-state index is 12.7. The second-order valence-corrected chi connectivity index (χ2v) is 2.69. The summed E-state index contributed by atoms with van der Waals surface area (Å²) in [4.78, 5) is 13.5. The molecule has 14 heavy (non-hydrogen) atoms. The molecule has 1 rings (SSSR count). The van der Waals surface area contributed by atoms with Gasteiger partial charge in [0.1, 0.15) is 0 Å². The highest BCUT2D eigenvalue weighted by atomic mass is 19.3. The van der Waals surface area contributed by atoms with E-state index in [1.165, 1.54) is 0 Å². The minimum Gasteiger partial charge on any atom is -0.287 e. The molecule has 0 aliphatic heterocycles. The lowest BCUT2D eigenvalue weighted by molar-refractivity contribution is 0.0216. The van der Waals surface area contributed by atoms with Crippen molar-refractivity contribution in [3.05, 3.63) is 29.6 Å². The summed E-state index contributed by atoms with van der Waals surface area (Å²) in [6.45, 7) is 0.331. The van der Waals surface area contributed by atoms with Crippen molar-refractivity contribution in [2.24, 2.45) is 0 Å². The SMILES string of the molecule is CC(F)(F)C(=O)c1ccc(F)nc1F. The number of ketones is 1. The lowest BCUT2D eigenvalue weighted by Crippen LogP contribution is -2.25. The van der Waals surface area contributed by atoms with E-state index in [-0.39, 0.29) is 0 Å². The summed E-state index contributed by atoms with van der Waals surface area (Å²) >= 11 is 0. The monoisotopic (exact) mass is 207 g/mol. The van der Waals surface area contributed by atoms with Crippen LogP contribution in [0.3, 0.4) is 0 Å². The van der Waals surface area contributed by atoms with Crippen molar-refractivity contribution in [1.29, 1.82) is 0 Å². The Balaban J connectivity index is 3.15. The summed E-state index contributed by atoms with van der Waals surface area (Å²) < 4.78 is 49.9. The third kappa shape index (κ3) is 2.07. The van der Waals surface area contributed by atoms with Crippen LogP contribution in [-0.4, -0.2) is 16.7 Å². The Morgan fingerprint density at radius 2 is 1.93 bits per heavy atom. The van der Waals surface area contributed by atoms with Crippen LogP contribution in [0, 0.1) is 11.9 Å². The number of aromatic nitrogens is 1. The first kappa shape index (κ1) is 10.6. The molecule has 0 atom stereocenters. The zero-order valence-electron chi connectivity index (χ0n) is 7.02. The average molecular weight is 207 g/mol. The molecule has 0 saturated heterocycles. The van der Waals surface area contributed by atoms with E-state index in [9.17, 15) is 22.4 Å². The number of pyridine rings is 1. The lowest BCUT2D eigenvalue weighted by Gasteiger charge is -2.08. The largest absolute Gasteiger partial charge is 0.307 e. The summed E-state index contributed by atoms with van der Waals surface area (Å²) in [6, 6.07) is 1.28. The van der Waals surface area contributed by atoms with Gasteiger partial charge in [-0.3, -0.25) is 4.79 Å². The molecular weight excluding hydrogens is 202 g/mol. The second-order valence-electron chi connectivity index (χ2n) is 2.69. The third-order valence-electron chi connectivity index (χ3n) is 1.46. The molecule has 0 amide bonds. The number of hydrogen-bond donors (Lipinski definition) is 0. The van der Waals surface area contributed by atoms with Crippen LogP contribution in [0.1, 0.15) is 17.3 Å². The molecule has 1 aromatic heterocycles. The van der Waals surface area contributed by atoms with Gasteiger partial charge in [-0.2, -0.15) is 22.5 Å². The number of halogens is 4. The first-order chi connectivity index (χ1) is 6.32. The molecule has 0 spiro atoms. The molecule has 1 aromatic rings. The van der Waals surface area contributed by atoms with Crippen molar-refractivity contribution in [3.8, 4) is 0 Å². The summed E-state index contributed by atoms with van der Waals surface area (Å²) in [7, 11) is 0. The van der Waals surface area contributed by atoms with Crippen LogP contribution in [0.4, 0.5) is 17.6 Å². The van der Waals surface area contributed by atoms with Gasteiger partial charge in [0.2, 0.25) is 17.7 Å². The van der Waals surface area contributed by atoms with E-state index in [0.29, 0.717) is 19.1 Å². The zero-order chi connectivity index (χ0) is 10.9. The normalized spacial score (nSPS) is 11.5. The Labute approximate surface area is 76.6 Å². The van der Waals surface area contributed by atoms with Crippen LogP contribution in [-0.2, 0) is 0 Å². The summed E-state index contributed by atoms with van der Waals surface area (Å²) in [5.41, 5.74) is -0.918. The molecule has 0 radical (unpaired) electrons. The van der Waals surface area contributed by atoms with E-state index < -0.39 is 29.2 Å². The van der Waals surface area contributed by atoms with Gasteiger partial charge < -0.3 is 0 Å². The van der Waals surface area contributed by atoms with Gasteiger partial charge >= 0.3 is 5.92 Å². The molecule has 0 aromatic carbocycles. The van der Waals surface area contributed by atoms with Gasteiger partial charge in [0, 0.05) is 6.92 Å². The number of carbonyl (C=O) groups is 1. The predicted octanol–water partition coefficient (Wildman–Crippen LogP) is 2.20. The van der Waals surface area contributed by atoms with Crippen molar-refractivity contribution in [2.75, 3.05) is 0 Å². The fraction of sp³-hybridized carbons (Fsp3) is 0.250. The van der Waals surface area contributed by atoms with Crippen molar-refractivity contribution >= 4 is 5.78 Å². The molecule has 0 fully saturated rings. The van der Waals surface area contributed by atoms with Crippen molar-refractivity contribution in [1.82, 2.24) is 4.98 Å². The fourth-order valence-electron chi connectivity index (χ4n) is 0.818. The number of carbonyl (C=O) groups excluding carboxylic acids is 1. The maximum atomic E-state index is 12.7. The molecule has 0 saturated carbocycles. The van der Waals surface area contributed by atoms with Crippen molar-refractivity contribution in [2.45, 2.75) is 12.8 Å². The summed E-state index contributed by atoms with van der Waals surface area (Å²) in [5.74, 6) is -8.11. The number of hydrogen-bond acceptors (Lipinski definition) is 2. The van der Waals surface area contributed by atoms with Crippen molar-refractivity contribution in [3.63, 3.8) is 0 Å². The minimum atomic E-state index is -3.69. The topological polar surface area (TPSA) is 30.0 Å². The first-order valence-corrected chi connectivity index (χ1v) is 3.57. The zero-order valence-corrected chi connectivity index (χ0v) is 7.02. The standard InChI is InChI=1S/C8H5F4NO/c1-8(11,12)6(14)4-2-3-5(9)13-7(4)10/h2-3H,1H3. The number of alkyl halides is 2. The molecule has 2 nitrogen and oxygen atoms in total. The highest BCUT2D eigenvalue weighted by Gasteiger charge is 2.35. The molecule has 0 aliphatic carbocycles. The maximum Gasteiger partial charge on any atom is 0.307 e. The van der Waals surface area contributed by atoms with E-state index in [4.69, 9.17) is 0 Å². The van der Waals surface area contributed by atoms with Gasteiger partial charge in [0.05, 0.1) is 5.56 Å². The Bertz CT molecular complexity index is 372. The Morgan fingerprint density at radius 3 is 2.36 bits per heavy atom. The first-order valence-electron chi connectivity index (χ1n) is 3.57. The number of Topliss-reactive ketones (excluding diaryl/α,β-unsaturated/α-hetero) is 1. The van der Waals surface area contributed by atoms with E-state index in [1.807, 2.05) is 0 Å². The summed E-state index contributed by atoms with van der Waals surface area (Å²) in [6.07, 6.45) is 0. The van der Waals surface area contributed by atoms with Crippen LogP contribution >= 0.6 is 0 Å². The molecule has 1 heterocycles. The predicted molar refractivity (Wildman–Crippen MR) is 39.1 cm³/mol. The second kappa shape index (κ2) is 3.36. The lowest BCUT2D eigenvalue weighted by atomic mass is 10.1. The highest BCUT2D eigenvalue weighted by Crippen LogP contribution is 2.20. The van der Waals surface area contributed by atoms with Gasteiger partial charge in [-0.1, -0.05) is 0 Å². The average Bonchev–Trinajstić information content (AvgIpc) is 2.01. The van der Waals surface area contributed by atoms with Gasteiger partial charge in [-0.25, -0.2) is 0 Å². The van der Waals surface area contributed by atoms with E-state index >= 15 is 0 Å². The Kier molecular flexibility index (Phi) is 2.55. The van der Waals surface area contributed by atoms with Crippen molar-refractivity contribution < 1.29 is 22.4 Å². The smallest absolute Gasteiger partial charge is 0.287 e.